The van der Waals surface area contributed by atoms with Gasteiger partial charge in [0, 0.05) is 0 Å². The summed E-state index contributed by atoms with van der Waals surface area (Å²) in [5, 5.41) is 0. The third kappa shape index (κ3) is 10.3. The fourth-order valence-electron chi connectivity index (χ4n) is 1.22. The number of esters is 1. The quantitative estimate of drug-likeness (QED) is 0.526. The molecule has 0 aliphatic heterocycles. The van der Waals surface area contributed by atoms with Crippen LogP contribution < -0.4 is 5.73 Å². The van der Waals surface area contributed by atoms with Gasteiger partial charge < -0.3 is 15.2 Å². The molecule has 0 heterocycles. The van der Waals surface area contributed by atoms with Crippen molar-refractivity contribution in [3.05, 3.63) is 0 Å². The lowest BCUT2D eigenvalue weighted by Gasteiger charge is -2.21. The number of nitrogens with two attached hydrogens (primary N) is 1. The second kappa shape index (κ2) is 8.48. The van der Waals surface area contributed by atoms with Crippen LogP contribution in [0.2, 0.25) is 0 Å². The van der Waals surface area contributed by atoms with Crippen LogP contribution in [0.5, 0.6) is 0 Å². The lowest BCUT2D eigenvalue weighted by atomic mass is 10.2. The first kappa shape index (κ1) is 16.4. The summed E-state index contributed by atoms with van der Waals surface area (Å²) in [5.74, 6) is -0.370. The molecule has 102 valence electrons. The largest absolute Gasteiger partial charge is 0.464 e. The van der Waals surface area contributed by atoms with Crippen molar-refractivity contribution in [2.45, 2.75) is 65.0 Å². The summed E-state index contributed by atoms with van der Waals surface area (Å²) in [6.45, 7) is 8.59. The Bertz CT molecular complexity index is 211. The summed E-state index contributed by atoms with van der Waals surface area (Å²) < 4.78 is 10.5. The molecule has 4 heteroatoms. The van der Waals surface area contributed by atoms with E-state index in [1.165, 1.54) is 12.8 Å². The van der Waals surface area contributed by atoms with Crippen LogP contribution in [0.4, 0.5) is 0 Å². The highest BCUT2D eigenvalue weighted by atomic mass is 16.5. The van der Waals surface area contributed by atoms with E-state index < -0.39 is 6.04 Å². The molecular weight excluding hydrogens is 218 g/mol. The second-order valence-corrected chi connectivity index (χ2v) is 5.26. The van der Waals surface area contributed by atoms with Crippen molar-refractivity contribution in [3.63, 3.8) is 0 Å². The Labute approximate surface area is 105 Å². The molecule has 0 aliphatic carbocycles. The molecule has 4 nitrogen and oxygen atoms in total. The molecule has 0 rings (SSSR count). The SMILES string of the molecule is CCCCCCOC(=O)[C@@H](N)COC(C)(C)C. The average Bonchev–Trinajstić information content (AvgIpc) is 2.24. The Morgan fingerprint density at radius 3 is 2.41 bits per heavy atom. The van der Waals surface area contributed by atoms with Gasteiger partial charge in [-0.2, -0.15) is 0 Å². The molecule has 0 aromatic carbocycles. The van der Waals surface area contributed by atoms with Crippen molar-refractivity contribution in [1.29, 1.82) is 0 Å². The first-order chi connectivity index (χ1) is 7.87. The van der Waals surface area contributed by atoms with Gasteiger partial charge in [0.2, 0.25) is 0 Å². The standard InChI is InChI=1S/C13H27NO3/c1-5-6-7-8-9-16-12(15)11(14)10-17-13(2,3)4/h11H,5-10,14H2,1-4H3/t11-/m0/s1. The minimum atomic E-state index is -0.680. The van der Waals surface area contributed by atoms with Gasteiger partial charge in [-0.1, -0.05) is 26.2 Å². The minimum absolute atomic E-state index is 0.206. The van der Waals surface area contributed by atoms with Gasteiger partial charge in [0.25, 0.3) is 0 Å². The zero-order valence-electron chi connectivity index (χ0n) is 11.6. The molecule has 0 aromatic heterocycles. The van der Waals surface area contributed by atoms with E-state index in [-0.39, 0.29) is 18.2 Å². The van der Waals surface area contributed by atoms with Gasteiger partial charge in [0.1, 0.15) is 6.04 Å². The predicted molar refractivity (Wildman–Crippen MR) is 68.8 cm³/mol. The molecular formula is C13H27NO3. The van der Waals surface area contributed by atoms with Crippen molar-refractivity contribution in [1.82, 2.24) is 0 Å². The maximum absolute atomic E-state index is 11.5. The van der Waals surface area contributed by atoms with E-state index in [4.69, 9.17) is 15.2 Å². The van der Waals surface area contributed by atoms with Crippen molar-refractivity contribution in [2.24, 2.45) is 5.73 Å². The summed E-state index contributed by atoms with van der Waals surface area (Å²) in [4.78, 5) is 11.5. The molecule has 0 bridgehead atoms. The Morgan fingerprint density at radius 2 is 1.88 bits per heavy atom. The topological polar surface area (TPSA) is 61.5 Å². The molecule has 0 aromatic rings. The number of carbonyl (C=O) groups excluding carboxylic acids is 1. The zero-order valence-corrected chi connectivity index (χ0v) is 11.6. The van der Waals surface area contributed by atoms with Crippen molar-refractivity contribution < 1.29 is 14.3 Å². The lowest BCUT2D eigenvalue weighted by molar-refractivity contribution is -0.148. The van der Waals surface area contributed by atoms with Crippen LogP contribution in [0.25, 0.3) is 0 Å². The van der Waals surface area contributed by atoms with E-state index in [0.29, 0.717) is 6.61 Å². The molecule has 0 unspecified atom stereocenters. The van der Waals surface area contributed by atoms with Gasteiger partial charge in [-0.25, -0.2) is 0 Å². The smallest absolute Gasteiger partial charge is 0.325 e. The maximum Gasteiger partial charge on any atom is 0.325 e. The van der Waals surface area contributed by atoms with Crippen LogP contribution in [-0.2, 0) is 14.3 Å². The predicted octanol–water partition coefficient (Wildman–Crippen LogP) is 2.25. The van der Waals surface area contributed by atoms with Gasteiger partial charge in [-0.3, -0.25) is 4.79 Å². The van der Waals surface area contributed by atoms with E-state index in [9.17, 15) is 4.79 Å². The molecule has 2 N–H and O–H groups in total. The van der Waals surface area contributed by atoms with Crippen molar-refractivity contribution in [3.8, 4) is 0 Å². The van der Waals surface area contributed by atoms with Crippen LogP contribution in [0.3, 0.4) is 0 Å². The molecule has 0 fully saturated rings. The fourth-order valence-corrected chi connectivity index (χ4v) is 1.22. The highest BCUT2D eigenvalue weighted by molar-refractivity contribution is 5.75. The van der Waals surface area contributed by atoms with Crippen LogP contribution in [0.15, 0.2) is 0 Å². The third-order valence-electron chi connectivity index (χ3n) is 2.24. The molecule has 1 atom stereocenters. The lowest BCUT2D eigenvalue weighted by Crippen LogP contribution is -2.39. The zero-order chi connectivity index (χ0) is 13.3. The second-order valence-electron chi connectivity index (χ2n) is 5.26. The van der Waals surface area contributed by atoms with Gasteiger partial charge in [-0.05, 0) is 27.2 Å². The van der Waals surface area contributed by atoms with Crippen LogP contribution in [0, 0.1) is 0 Å². The number of carbonyl (C=O) groups is 1. The normalized spacial score (nSPS) is 13.5. The number of rotatable bonds is 8. The average molecular weight is 245 g/mol. The number of ether oxygens (including phenoxy) is 2. The van der Waals surface area contributed by atoms with Gasteiger partial charge in [0.15, 0.2) is 0 Å². The number of hydrogen-bond acceptors (Lipinski definition) is 4. The minimum Gasteiger partial charge on any atom is -0.464 e. The highest BCUT2D eigenvalue weighted by Gasteiger charge is 2.19. The van der Waals surface area contributed by atoms with Crippen LogP contribution >= 0.6 is 0 Å². The maximum atomic E-state index is 11.5. The molecule has 0 aliphatic rings. The monoisotopic (exact) mass is 245 g/mol. The van der Waals surface area contributed by atoms with E-state index >= 15 is 0 Å². The number of hydrogen-bond donors (Lipinski definition) is 1. The summed E-state index contributed by atoms with van der Waals surface area (Å²) >= 11 is 0. The first-order valence-electron chi connectivity index (χ1n) is 6.43. The van der Waals surface area contributed by atoms with Crippen molar-refractivity contribution >= 4 is 5.97 Å². The molecule has 0 saturated carbocycles. The fraction of sp³-hybridized carbons (Fsp3) is 0.923. The van der Waals surface area contributed by atoms with E-state index in [0.717, 1.165) is 12.8 Å². The van der Waals surface area contributed by atoms with Gasteiger partial charge in [0.05, 0.1) is 18.8 Å². The molecule has 0 radical (unpaired) electrons. The van der Waals surface area contributed by atoms with E-state index in [1.807, 2.05) is 20.8 Å². The Morgan fingerprint density at radius 1 is 1.24 bits per heavy atom. The van der Waals surface area contributed by atoms with Crippen LogP contribution in [0.1, 0.15) is 53.4 Å². The third-order valence-corrected chi connectivity index (χ3v) is 2.24. The molecule has 0 amide bonds. The van der Waals surface area contributed by atoms with Crippen LogP contribution in [-0.4, -0.2) is 30.8 Å². The Kier molecular flexibility index (Phi) is 8.17. The Hall–Kier alpha value is -0.610. The van der Waals surface area contributed by atoms with Gasteiger partial charge >= 0.3 is 5.97 Å². The molecule has 0 saturated heterocycles. The summed E-state index contributed by atoms with van der Waals surface area (Å²) in [7, 11) is 0. The van der Waals surface area contributed by atoms with Gasteiger partial charge in [-0.15, -0.1) is 0 Å². The Balaban J connectivity index is 3.61. The van der Waals surface area contributed by atoms with Crippen molar-refractivity contribution in [2.75, 3.05) is 13.2 Å². The highest BCUT2D eigenvalue weighted by Crippen LogP contribution is 2.07. The summed E-state index contributed by atoms with van der Waals surface area (Å²) in [6, 6.07) is -0.680. The van der Waals surface area contributed by atoms with E-state index in [1.54, 1.807) is 0 Å². The number of unbranched alkanes of at least 4 members (excludes halogenated alkanes) is 3. The van der Waals surface area contributed by atoms with E-state index in [2.05, 4.69) is 6.92 Å². The summed E-state index contributed by atoms with van der Waals surface area (Å²) in [5.41, 5.74) is 5.39. The molecule has 17 heavy (non-hydrogen) atoms. The first-order valence-corrected chi connectivity index (χ1v) is 6.43. The molecule has 0 spiro atoms. The summed E-state index contributed by atoms with van der Waals surface area (Å²) in [6.07, 6.45) is 4.35.